The maximum Gasteiger partial charge on any atom is 0.319 e. The molecular formula is C18H21N3O3S. The van der Waals surface area contributed by atoms with Crippen LogP contribution in [0.25, 0.3) is 0 Å². The molecule has 0 fully saturated rings. The number of carbonyl (C=O) groups excluding carboxylic acids is 1. The van der Waals surface area contributed by atoms with Crippen LogP contribution >= 0.6 is 0 Å². The number of nitrogens with zero attached hydrogens (tertiary/aromatic N) is 1. The van der Waals surface area contributed by atoms with E-state index in [-0.39, 0.29) is 6.03 Å². The van der Waals surface area contributed by atoms with Gasteiger partial charge in [-0.2, -0.15) is 0 Å². The number of anilines is 2. The Bertz CT molecular complexity index is 866. The monoisotopic (exact) mass is 359 g/mol. The highest BCUT2D eigenvalue weighted by Gasteiger charge is 2.24. The predicted octanol–water partition coefficient (Wildman–Crippen LogP) is 2.72. The van der Waals surface area contributed by atoms with Crippen molar-refractivity contribution in [1.82, 2.24) is 5.32 Å². The van der Waals surface area contributed by atoms with Gasteiger partial charge in [-0.15, -0.1) is 0 Å². The Morgan fingerprint density at radius 2 is 1.92 bits per heavy atom. The molecule has 132 valence electrons. The van der Waals surface area contributed by atoms with E-state index in [0.29, 0.717) is 24.5 Å². The van der Waals surface area contributed by atoms with Crippen molar-refractivity contribution in [2.45, 2.75) is 19.4 Å². The van der Waals surface area contributed by atoms with Crippen LogP contribution in [0.2, 0.25) is 0 Å². The van der Waals surface area contributed by atoms with Crippen molar-refractivity contribution >= 4 is 27.4 Å². The standard InChI is InChI=1S/C18H21N3O3S/c1-25(23,24)21-11-5-8-15-9-10-16(12-17(15)21)20-18(22)19-13-14-6-3-2-4-7-14/h2-4,6-7,9-10,12H,5,8,11,13H2,1H3,(H2,19,20,22). The molecule has 1 aliphatic rings. The number of urea groups is 1. The first-order chi connectivity index (χ1) is 11.9. The van der Waals surface area contributed by atoms with Crippen LogP contribution in [0.4, 0.5) is 16.2 Å². The lowest BCUT2D eigenvalue weighted by molar-refractivity contribution is 0.251. The Labute approximate surface area is 147 Å². The molecule has 0 bridgehead atoms. The summed E-state index contributed by atoms with van der Waals surface area (Å²) in [5, 5.41) is 5.55. The van der Waals surface area contributed by atoms with Crippen LogP contribution in [0.15, 0.2) is 48.5 Å². The third-order valence-electron chi connectivity index (χ3n) is 4.12. The van der Waals surface area contributed by atoms with Gasteiger partial charge >= 0.3 is 6.03 Å². The van der Waals surface area contributed by atoms with Crippen molar-refractivity contribution < 1.29 is 13.2 Å². The minimum atomic E-state index is -3.33. The predicted molar refractivity (Wildman–Crippen MR) is 99.3 cm³/mol. The van der Waals surface area contributed by atoms with Crippen molar-refractivity contribution in [2.75, 3.05) is 22.4 Å². The smallest absolute Gasteiger partial charge is 0.319 e. The van der Waals surface area contributed by atoms with Gasteiger partial charge in [-0.05, 0) is 36.1 Å². The van der Waals surface area contributed by atoms with E-state index < -0.39 is 10.0 Å². The summed E-state index contributed by atoms with van der Waals surface area (Å²) in [5.41, 5.74) is 3.20. The Balaban J connectivity index is 1.70. The summed E-state index contributed by atoms with van der Waals surface area (Å²) >= 11 is 0. The van der Waals surface area contributed by atoms with E-state index in [4.69, 9.17) is 0 Å². The van der Waals surface area contributed by atoms with Gasteiger partial charge < -0.3 is 10.6 Å². The highest BCUT2D eigenvalue weighted by molar-refractivity contribution is 7.92. The molecule has 0 aromatic heterocycles. The largest absolute Gasteiger partial charge is 0.334 e. The number of amides is 2. The minimum Gasteiger partial charge on any atom is -0.334 e. The summed E-state index contributed by atoms with van der Waals surface area (Å²) in [7, 11) is -3.33. The SMILES string of the molecule is CS(=O)(=O)N1CCCc2ccc(NC(=O)NCc3ccccc3)cc21. The Hall–Kier alpha value is -2.54. The lowest BCUT2D eigenvalue weighted by Crippen LogP contribution is -2.34. The Morgan fingerprint density at radius 1 is 1.16 bits per heavy atom. The topological polar surface area (TPSA) is 78.5 Å². The number of benzene rings is 2. The first-order valence-corrected chi connectivity index (χ1v) is 9.98. The molecule has 7 heteroatoms. The molecule has 1 aliphatic heterocycles. The quantitative estimate of drug-likeness (QED) is 0.881. The van der Waals surface area contributed by atoms with Gasteiger partial charge in [-0.1, -0.05) is 36.4 Å². The molecule has 1 heterocycles. The normalized spacial score (nSPS) is 13.9. The van der Waals surface area contributed by atoms with Crippen LogP contribution in [-0.4, -0.2) is 27.2 Å². The molecule has 6 nitrogen and oxygen atoms in total. The zero-order chi connectivity index (χ0) is 17.9. The molecule has 0 unspecified atom stereocenters. The molecule has 2 aromatic rings. The number of fused-ring (bicyclic) bond motifs is 1. The number of nitrogens with one attached hydrogen (secondary N) is 2. The molecular weight excluding hydrogens is 338 g/mol. The maximum atomic E-state index is 12.1. The number of hydrogen-bond acceptors (Lipinski definition) is 3. The van der Waals surface area contributed by atoms with Gasteiger partial charge in [0.1, 0.15) is 0 Å². The van der Waals surface area contributed by atoms with E-state index in [1.165, 1.54) is 10.6 Å². The number of rotatable bonds is 4. The Morgan fingerprint density at radius 3 is 2.64 bits per heavy atom. The summed E-state index contributed by atoms with van der Waals surface area (Å²) in [5.74, 6) is 0. The average molecular weight is 359 g/mol. The molecule has 0 radical (unpaired) electrons. The molecule has 0 spiro atoms. The Kier molecular flexibility index (Phi) is 4.94. The molecule has 0 aliphatic carbocycles. The molecule has 0 atom stereocenters. The molecule has 0 saturated carbocycles. The van der Waals surface area contributed by atoms with Crippen LogP contribution in [0.5, 0.6) is 0 Å². The van der Waals surface area contributed by atoms with E-state index in [2.05, 4.69) is 10.6 Å². The van der Waals surface area contributed by atoms with Gasteiger partial charge in [0.25, 0.3) is 0 Å². The van der Waals surface area contributed by atoms with E-state index in [9.17, 15) is 13.2 Å². The van der Waals surface area contributed by atoms with Crippen LogP contribution in [0.1, 0.15) is 17.5 Å². The van der Waals surface area contributed by atoms with E-state index in [1.54, 1.807) is 12.1 Å². The molecule has 2 amide bonds. The fraction of sp³-hybridized carbons (Fsp3) is 0.278. The van der Waals surface area contributed by atoms with Crippen molar-refractivity contribution in [3.8, 4) is 0 Å². The number of carbonyl (C=O) groups is 1. The van der Waals surface area contributed by atoms with Gasteiger partial charge in [0.15, 0.2) is 0 Å². The second-order valence-electron chi connectivity index (χ2n) is 6.08. The minimum absolute atomic E-state index is 0.328. The second kappa shape index (κ2) is 7.14. The highest BCUT2D eigenvalue weighted by atomic mass is 32.2. The fourth-order valence-electron chi connectivity index (χ4n) is 2.92. The number of aryl methyl sites for hydroxylation is 1. The summed E-state index contributed by atoms with van der Waals surface area (Å²) in [6.07, 6.45) is 2.83. The summed E-state index contributed by atoms with van der Waals surface area (Å²) in [6, 6.07) is 14.7. The molecule has 0 saturated heterocycles. The summed E-state index contributed by atoms with van der Waals surface area (Å²) in [4.78, 5) is 12.1. The highest BCUT2D eigenvalue weighted by Crippen LogP contribution is 2.31. The van der Waals surface area contributed by atoms with Crippen LogP contribution in [0, 0.1) is 0 Å². The van der Waals surface area contributed by atoms with E-state index in [0.717, 1.165) is 24.0 Å². The van der Waals surface area contributed by atoms with Crippen LogP contribution < -0.4 is 14.9 Å². The fourth-order valence-corrected chi connectivity index (χ4v) is 3.90. The molecule has 2 N–H and O–H groups in total. The molecule has 25 heavy (non-hydrogen) atoms. The van der Waals surface area contributed by atoms with E-state index in [1.807, 2.05) is 36.4 Å². The van der Waals surface area contributed by atoms with Crippen molar-refractivity contribution in [3.63, 3.8) is 0 Å². The second-order valence-corrected chi connectivity index (χ2v) is 7.98. The number of hydrogen-bond donors (Lipinski definition) is 2. The zero-order valence-electron chi connectivity index (χ0n) is 14.0. The average Bonchev–Trinajstić information content (AvgIpc) is 2.59. The van der Waals surface area contributed by atoms with Gasteiger partial charge in [-0.3, -0.25) is 4.31 Å². The third kappa shape index (κ3) is 4.30. The zero-order valence-corrected chi connectivity index (χ0v) is 14.8. The maximum absolute atomic E-state index is 12.1. The van der Waals surface area contributed by atoms with Crippen LogP contribution in [0.3, 0.4) is 0 Å². The summed E-state index contributed by atoms with van der Waals surface area (Å²) < 4.78 is 25.3. The van der Waals surface area contributed by atoms with Crippen LogP contribution in [-0.2, 0) is 23.0 Å². The van der Waals surface area contributed by atoms with Gasteiger partial charge in [0, 0.05) is 18.8 Å². The molecule has 3 rings (SSSR count). The lowest BCUT2D eigenvalue weighted by atomic mass is 10.0. The lowest BCUT2D eigenvalue weighted by Gasteiger charge is -2.29. The first-order valence-electron chi connectivity index (χ1n) is 8.13. The summed E-state index contributed by atoms with van der Waals surface area (Å²) in [6.45, 7) is 0.891. The van der Waals surface area contributed by atoms with E-state index >= 15 is 0 Å². The van der Waals surface area contributed by atoms with Crippen molar-refractivity contribution in [1.29, 1.82) is 0 Å². The van der Waals surface area contributed by atoms with Crippen molar-refractivity contribution in [3.05, 3.63) is 59.7 Å². The van der Waals surface area contributed by atoms with Crippen molar-refractivity contribution in [2.24, 2.45) is 0 Å². The number of sulfonamides is 1. The van der Waals surface area contributed by atoms with Gasteiger partial charge in [0.2, 0.25) is 10.0 Å². The first kappa shape index (κ1) is 17.3. The molecule has 2 aromatic carbocycles. The van der Waals surface area contributed by atoms with Gasteiger partial charge in [-0.25, -0.2) is 13.2 Å². The van der Waals surface area contributed by atoms with Gasteiger partial charge in [0.05, 0.1) is 11.9 Å². The third-order valence-corrected chi connectivity index (χ3v) is 5.30.